The van der Waals surface area contributed by atoms with Gasteiger partial charge in [-0.15, -0.1) is 0 Å². The van der Waals surface area contributed by atoms with Crippen molar-refractivity contribution in [1.82, 2.24) is 19.9 Å². The van der Waals surface area contributed by atoms with Crippen molar-refractivity contribution in [3.05, 3.63) is 71.5 Å². The van der Waals surface area contributed by atoms with Gasteiger partial charge in [0.25, 0.3) is 5.89 Å². The van der Waals surface area contributed by atoms with Crippen molar-refractivity contribution in [2.75, 3.05) is 36.0 Å². The Morgan fingerprint density at radius 3 is 2.37 bits per heavy atom. The topological polar surface area (TPSA) is 71.2 Å². The number of nitrogens with zero attached hydrogens (tertiary/aromatic N) is 6. The molecule has 1 aliphatic rings. The number of hydrogen-bond acceptors (Lipinski definition) is 7. The zero-order valence-corrected chi connectivity index (χ0v) is 18.8. The van der Waals surface area contributed by atoms with E-state index in [1.807, 2.05) is 4.90 Å². The molecule has 0 amide bonds. The van der Waals surface area contributed by atoms with Gasteiger partial charge in [0.05, 0.1) is 22.5 Å². The van der Waals surface area contributed by atoms with E-state index in [0.29, 0.717) is 43.3 Å². The van der Waals surface area contributed by atoms with Crippen LogP contribution in [0.2, 0.25) is 5.02 Å². The molecule has 35 heavy (non-hydrogen) atoms. The highest BCUT2D eigenvalue weighted by Gasteiger charge is 2.36. The first-order valence-corrected chi connectivity index (χ1v) is 10.9. The van der Waals surface area contributed by atoms with Gasteiger partial charge in [0.2, 0.25) is 5.82 Å². The molecule has 0 N–H and O–H groups in total. The molecule has 1 saturated heterocycles. The third-order valence-corrected chi connectivity index (χ3v) is 5.84. The van der Waals surface area contributed by atoms with Crippen LogP contribution < -0.4 is 9.80 Å². The lowest BCUT2D eigenvalue weighted by Crippen LogP contribution is -2.47. The van der Waals surface area contributed by atoms with E-state index in [9.17, 15) is 17.6 Å². The molecule has 1 aromatic carbocycles. The van der Waals surface area contributed by atoms with E-state index in [-0.39, 0.29) is 22.6 Å². The SMILES string of the molecule is Fc1ccc(-c2cc(N3CCN(c4ncccc4C(F)(F)F)CC3)nc(-c3ncco3)n2)cc1Cl. The number of aromatic nitrogens is 4. The molecule has 0 radical (unpaired) electrons. The quantitative estimate of drug-likeness (QED) is 0.348. The minimum Gasteiger partial charge on any atom is -0.442 e. The summed E-state index contributed by atoms with van der Waals surface area (Å²) in [7, 11) is 0. The molecular weight excluding hydrogens is 488 g/mol. The fourth-order valence-electron chi connectivity index (χ4n) is 3.85. The van der Waals surface area contributed by atoms with Gasteiger partial charge in [-0.05, 0) is 30.3 Å². The van der Waals surface area contributed by atoms with Crippen molar-refractivity contribution in [3.8, 4) is 23.0 Å². The number of alkyl halides is 3. The van der Waals surface area contributed by atoms with Crippen LogP contribution in [0, 0.1) is 5.82 Å². The minimum absolute atomic E-state index is 0.0511. The highest BCUT2D eigenvalue weighted by Crippen LogP contribution is 2.36. The van der Waals surface area contributed by atoms with Gasteiger partial charge < -0.3 is 14.2 Å². The molecule has 180 valence electrons. The zero-order valence-electron chi connectivity index (χ0n) is 18.0. The Balaban J connectivity index is 1.45. The van der Waals surface area contributed by atoms with Crippen molar-refractivity contribution in [2.45, 2.75) is 6.18 Å². The number of piperazine rings is 1. The van der Waals surface area contributed by atoms with E-state index in [2.05, 4.69) is 19.9 Å². The number of benzene rings is 1. The minimum atomic E-state index is -4.50. The molecule has 4 aromatic rings. The van der Waals surface area contributed by atoms with Gasteiger partial charge in [-0.3, -0.25) is 0 Å². The van der Waals surface area contributed by atoms with Crippen LogP contribution in [-0.2, 0) is 6.18 Å². The predicted molar refractivity (Wildman–Crippen MR) is 122 cm³/mol. The Morgan fingerprint density at radius 2 is 1.69 bits per heavy atom. The average molecular weight is 505 g/mol. The van der Waals surface area contributed by atoms with E-state index < -0.39 is 17.6 Å². The molecule has 0 atom stereocenters. The van der Waals surface area contributed by atoms with E-state index in [0.717, 1.165) is 6.07 Å². The number of anilines is 2. The van der Waals surface area contributed by atoms with Gasteiger partial charge in [-0.1, -0.05) is 11.6 Å². The Labute approximate surface area is 202 Å². The molecule has 1 fully saturated rings. The Kier molecular flexibility index (Phi) is 6.01. The van der Waals surface area contributed by atoms with Crippen molar-refractivity contribution < 1.29 is 22.0 Å². The second kappa shape index (κ2) is 9.14. The van der Waals surface area contributed by atoms with Gasteiger partial charge in [-0.2, -0.15) is 13.2 Å². The van der Waals surface area contributed by atoms with E-state index in [1.165, 1.54) is 36.9 Å². The van der Waals surface area contributed by atoms with Crippen molar-refractivity contribution in [1.29, 1.82) is 0 Å². The summed E-state index contributed by atoms with van der Waals surface area (Å²) in [5, 5.41) is -0.0511. The summed E-state index contributed by atoms with van der Waals surface area (Å²) in [5.74, 6) is 0.295. The maximum absolute atomic E-state index is 13.7. The zero-order chi connectivity index (χ0) is 24.6. The second-order valence-electron chi connectivity index (χ2n) is 7.75. The summed E-state index contributed by atoms with van der Waals surface area (Å²) in [4.78, 5) is 20.7. The van der Waals surface area contributed by atoms with Crippen LogP contribution in [-0.4, -0.2) is 46.1 Å². The highest BCUT2D eigenvalue weighted by atomic mass is 35.5. The molecule has 3 aromatic heterocycles. The molecule has 0 saturated carbocycles. The fraction of sp³-hybridized carbons (Fsp3) is 0.217. The summed E-state index contributed by atoms with van der Waals surface area (Å²) >= 11 is 5.96. The van der Waals surface area contributed by atoms with Crippen molar-refractivity contribution in [3.63, 3.8) is 0 Å². The molecule has 5 rings (SSSR count). The van der Waals surface area contributed by atoms with E-state index in [1.54, 1.807) is 17.0 Å². The molecule has 7 nitrogen and oxygen atoms in total. The van der Waals surface area contributed by atoms with Gasteiger partial charge in [0, 0.05) is 44.0 Å². The normalized spacial score (nSPS) is 14.4. The van der Waals surface area contributed by atoms with E-state index >= 15 is 0 Å². The van der Waals surface area contributed by atoms with Crippen LogP contribution in [0.15, 0.2) is 59.5 Å². The van der Waals surface area contributed by atoms with Crippen LogP contribution in [0.5, 0.6) is 0 Å². The number of hydrogen-bond donors (Lipinski definition) is 0. The summed E-state index contributed by atoms with van der Waals surface area (Å²) in [6.07, 6.45) is -0.291. The Bertz CT molecular complexity index is 1340. The van der Waals surface area contributed by atoms with Crippen LogP contribution in [0.4, 0.5) is 29.2 Å². The van der Waals surface area contributed by atoms with Gasteiger partial charge in [-0.25, -0.2) is 24.3 Å². The first kappa shape index (κ1) is 23.0. The van der Waals surface area contributed by atoms with Crippen LogP contribution in [0.25, 0.3) is 23.0 Å². The average Bonchev–Trinajstić information content (AvgIpc) is 3.40. The van der Waals surface area contributed by atoms with Crippen molar-refractivity contribution >= 4 is 23.2 Å². The highest BCUT2D eigenvalue weighted by molar-refractivity contribution is 6.31. The predicted octanol–water partition coefficient (Wildman–Crippen LogP) is 5.33. The van der Waals surface area contributed by atoms with Gasteiger partial charge in [0.1, 0.15) is 23.7 Å². The van der Waals surface area contributed by atoms with Crippen LogP contribution >= 0.6 is 11.6 Å². The maximum atomic E-state index is 13.7. The summed E-state index contributed by atoms with van der Waals surface area (Å²) in [6, 6.07) is 8.27. The van der Waals surface area contributed by atoms with Gasteiger partial charge in [0.15, 0.2) is 0 Å². The molecule has 1 aliphatic heterocycles. The lowest BCUT2D eigenvalue weighted by Gasteiger charge is -2.37. The second-order valence-corrected chi connectivity index (χ2v) is 8.15. The summed E-state index contributed by atoms with van der Waals surface area (Å²) in [6.45, 7) is 1.38. The standard InChI is InChI=1S/C23H17ClF4N6O/c24-16-12-14(3-4-17(16)25)18-13-19(32-20(31-18)22-30-6-11-35-22)33-7-9-34(10-8-33)21-15(23(26,27)28)2-1-5-29-21/h1-6,11-13H,7-10H2. The Morgan fingerprint density at radius 1 is 0.914 bits per heavy atom. The van der Waals surface area contributed by atoms with Crippen LogP contribution in [0.1, 0.15) is 5.56 Å². The molecule has 0 bridgehead atoms. The fourth-order valence-corrected chi connectivity index (χ4v) is 4.03. The maximum Gasteiger partial charge on any atom is 0.419 e. The molecular formula is C23H17ClF4N6O. The van der Waals surface area contributed by atoms with Gasteiger partial charge >= 0.3 is 6.18 Å². The lowest BCUT2D eigenvalue weighted by molar-refractivity contribution is -0.137. The van der Waals surface area contributed by atoms with Crippen LogP contribution in [0.3, 0.4) is 0 Å². The monoisotopic (exact) mass is 504 g/mol. The first-order chi connectivity index (χ1) is 16.8. The lowest BCUT2D eigenvalue weighted by atomic mass is 10.1. The smallest absolute Gasteiger partial charge is 0.419 e. The molecule has 12 heteroatoms. The number of halogens is 5. The summed E-state index contributed by atoms with van der Waals surface area (Å²) in [5.41, 5.74) is 0.267. The Hall–Kier alpha value is -3.73. The molecule has 0 unspecified atom stereocenters. The summed E-state index contributed by atoms with van der Waals surface area (Å²) < 4.78 is 59.4. The van der Waals surface area contributed by atoms with Crippen molar-refractivity contribution in [2.24, 2.45) is 0 Å². The molecule has 4 heterocycles. The number of pyridine rings is 1. The largest absolute Gasteiger partial charge is 0.442 e. The number of oxazole rings is 1. The number of rotatable bonds is 4. The first-order valence-electron chi connectivity index (χ1n) is 10.6. The molecule has 0 spiro atoms. The van der Waals surface area contributed by atoms with E-state index in [4.69, 9.17) is 16.0 Å². The third kappa shape index (κ3) is 4.76. The molecule has 0 aliphatic carbocycles. The third-order valence-electron chi connectivity index (χ3n) is 5.55.